The molecule has 0 aliphatic rings. The molecule has 0 bridgehead atoms. The largest absolute Gasteiger partial charge is 3.00 e. The van der Waals surface area contributed by atoms with Gasteiger partial charge in [-0.15, -0.1) is 0 Å². The van der Waals surface area contributed by atoms with Crippen molar-refractivity contribution in [3.63, 3.8) is 0 Å². The third kappa shape index (κ3) is 36.4. The standard InChI is InChI=1S/Mn.3H2O.Sb/h;3*1H2;/q+3;;;;/p-3. The zero-order chi connectivity index (χ0) is 0. The first kappa shape index (κ1) is 114. The SMILES string of the molecule is [Mn+3].[OH-].[OH-].[OH-].[Sb]. The first-order valence-electron chi connectivity index (χ1n) is 0. The van der Waals surface area contributed by atoms with E-state index in [2.05, 4.69) is 0 Å². The molecule has 0 aromatic heterocycles. The van der Waals surface area contributed by atoms with Gasteiger partial charge >= 0.3 is 17.1 Å². The first-order valence-corrected chi connectivity index (χ1v) is 0. The van der Waals surface area contributed by atoms with E-state index in [-0.39, 0.29) is 57.9 Å². The summed E-state index contributed by atoms with van der Waals surface area (Å²) >= 11 is 0. The smallest absolute Gasteiger partial charge is 0.870 e. The zero-order valence-electron chi connectivity index (χ0n) is 2.17. The van der Waals surface area contributed by atoms with Gasteiger partial charge in [-0.2, -0.15) is 0 Å². The van der Waals surface area contributed by atoms with Gasteiger partial charge in [-0.05, 0) is 0 Å². The molecule has 0 aromatic carbocycles. The second-order valence-corrected chi connectivity index (χ2v) is 0. The molecule has 0 aromatic rings. The van der Waals surface area contributed by atoms with Crippen LogP contribution >= 0.6 is 0 Å². The molecule has 0 fully saturated rings. The number of rotatable bonds is 0. The van der Waals surface area contributed by atoms with Crippen molar-refractivity contribution < 1.29 is 33.5 Å². The Balaban J connectivity index is 0. The van der Waals surface area contributed by atoms with Crippen molar-refractivity contribution in [1.82, 2.24) is 0 Å². The topological polar surface area (TPSA) is 90.0 Å². The molecule has 3 nitrogen and oxygen atoms in total. The maximum absolute atomic E-state index is 0. The molecule has 0 heterocycles. The second-order valence-electron chi connectivity index (χ2n) is 0. The van der Waals surface area contributed by atoms with Gasteiger partial charge in [0.1, 0.15) is 0 Å². The van der Waals surface area contributed by atoms with Crippen LogP contribution in [0.25, 0.3) is 0 Å². The third-order valence-electron chi connectivity index (χ3n) is 0. The fraction of sp³-hybridized carbons (Fsp3) is 0. The maximum atomic E-state index is 0. The predicted octanol–water partition coefficient (Wildman–Crippen LogP) is -0.914. The summed E-state index contributed by atoms with van der Waals surface area (Å²) in [6.45, 7) is 0. The molecule has 3 radical (unpaired) electrons. The number of hydrogen-bond acceptors (Lipinski definition) is 3. The van der Waals surface area contributed by atoms with Gasteiger partial charge in [0.15, 0.2) is 0 Å². The normalized spacial score (nSPS) is 0. The van der Waals surface area contributed by atoms with E-state index >= 15 is 0 Å². The molecular formula is H3MnO3Sb. The summed E-state index contributed by atoms with van der Waals surface area (Å²) in [5, 5.41) is 0. The van der Waals surface area contributed by atoms with E-state index in [0.717, 1.165) is 0 Å². The van der Waals surface area contributed by atoms with Gasteiger partial charge < -0.3 is 16.4 Å². The van der Waals surface area contributed by atoms with Crippen LogP contribution in [-0.2, 0) is 17.1 Å². The van der Waals surface area contributed by atoms with E-state index in [1.54, 1.807) is 0 Å². The van der Waals surface area contributed by atoms with Crippen molar-refractivity contribution in [2.75, 3.05) is 0 Å². The second kappa shape index (κ2) is 62.6. The molecule has 0 saturated carbocycles. The average molecular weight is 228 g/mol. The van der Waals surface area contributed by atoms with Crippen LogP contribution in [0.2, 0.25) is 0 Å². The molecule has 3 N–H and O–H groups in total. The minimum atomic E-state index is 0. The van der Waals surface area contributed by atoms with Crippen LogP contribution in [0.3, 0.4) is 0 Å². The Bertz CT molecular complexity index is 6.85. The molecule has 0 saturated heterocycles. The zero-order valence-corrected chi connectivity index (χ0v) is 5.90. The maximum Gasteiger partial charge on any atom is 3.00 e. The minimum absolute atomic E-state index is 0. The molecule has 0 rings (SSSR count). The first-order chi connectivity index (χ1) is 0. The van der Waals surface area contributed by atoms with Crippen LogP contribution in [0.1, 0.15) is 0 Å². The summed E-state index contributed by atoms with van der Waals surface area (Å²) in [5.74, 6) is 0. The molecule has 5 heteroatoms. The van der Waals surface area contributed by atoms with Gasteiger partial charge in [0.05, 0.1) is 0 Å². The Morgan fingerprint density at radius 3 is 0.600 bits per heavy atom. The predicted molar refractivity (Wildman–Crippen MR) is 11.6 cm³/mol. The molecule has 0 unspecified atom stereocenters. The van der Waals surface area contributed by atoms with Crippen LogP contribution in [0, 0.1) is 0 Å². The van der Waals surface area contributed by atoms with Gasteiger partial charge in [-0.25, -0.2) is 0 Å². The molecular weight excluding hydrogens is 225 g/mol. The van der Waals surface area contributed by atoms with Gasteiger partial charge in [0.2, 0.25) is 0 Å². The van der Waals surface area contributed by atoms with Crippen LogP contribution in [0.15, 0.2) is 0 Å². The van der Waals surface area contributed by atoms with E-state index in [1.165, 1.54) is 0 Å². The van der Waals surface area contributed by atoms with Crippen LogP contribution in [-0.4, -0.2) is 40.9 Å². The van der Waals surface area contributed by atoms with Crippen molar-refractivity contribution in [2.45, 2.75) is 0 Å². The molecule has 5 heavy (non-hydrogen) atoms. The minimum Gasteiger partial charge on any atom is -0.870 e. The Morgan fingerprint density at radius 1 is 0.600 bits per heavy atom. The van der Waals surface area contributed by atoms with Crippen LogP contribution < -0.4 is 0 Å². The van der Waals surface area contributed by atoms with E-state index in [4.69, 9.17) is 0 Å². The molecule has 0 spiro atoms. The van der Waals surface area contributed by atoms with Crippen molar-refractivity contribution in [3.05, 3.63) is 0 Å². The number of hydrogen-bond donors (Lipinski definition) is 0. The molecule has 0 atom stereocenters. The fourth-order valence-corrected chi connectivity index (χ4v) is 0. The van der Waals surface area contributed by atoms with Crippen molar-refractivity contribution in [1.29, 1.82) is 0 Å². The van der Waals surface area contributed by atoms with E-state index in [9.17, 15) is 0 Å². The van der Waals surface area contributed by atoms with Crippen molar-refractivity contribution in [2.24, 2.45) is 0 Å². The molecule has 0 amide bonds. The van der Waals surface area contributed by atoms with Crippen molar-refractivity contribution in [3.8, 4) is 0 Å². The third-order valence-corrected chi connectivity index (χ3v) is 0. The Morgan fingerprint density at radius 2 is 0.600 bits per heavy atom. The van der Waals surface area contributed by atoms with Gasteiger partial charge in [0.25, 0.3) is 0 Å². The summed E-state index contributed by atoms with van der Waals surface area (Å²) in [6.07, 6.45) is 0. The average Bonchev–Trinajstić information content (AvgIpc) is 0. The summed E-state index contributed by atoms with van der Waals surface area (Å²) in [7, 11) is 0. The van der Waals surface area contributed by atoms with Gasteiger partial charge in [-0.1, -0.05) is 0 Å². The Labute approximate surface area is 58.0 Å². The summed E-state index contributed by atoms with van der Waals surface area (Å²) < 4.78 is 0. The summed E-state index contributed by atoms with van der Waals surface area (Å²) in [6, 6.07) is 0. The van der Waals surface area contributed by atoms with E-state index < -0.39 is 0 Å². The van der Waals surface area contributed by atoms with E-state index in [1.807, 2.05) is 0 Å². The van der Waals surface area contributed by atoms with Crippen LogP contribution in [0.5, 0.6) is 0 Å². The Hall–Kier alpha value is 1.22. The van der Waals surface area contributed by atoms with Crippen molar-refractivity contribution >= 4 is 24.4 Å². The van der Waals surface area contributed by atoms with Gasteiger partial charge in [0, 0.05) is 24.4 Å². The molecule has 0 aliphatic carbocycles. The fourth-order valence-electron chi connectivity index (χ4n) is 0. The summed E-state index contributed by atoms with van der Waals surface area (Å²) in [5.41, 5.74) is 0. The van der Waals surface area contributed by atoms with E-state index in [0.29, 0.717) is 0 Å². The van der Waals surface area contributed by atoms with Crippen LogP contribution in [0.4, 0.5) is 0 Å². The summed E-state index contributed by atoms with van der Waals surface area (Å²) in [4.78, 5) is 0. The molecule has 33 valence electrons. The van der Waals surface area contributed by atoms with Gasteiger partial charge in [-0.3, -0.25) is 0 Å². The quantitative estimate of drug-likeness (QED) is 0.502. The molecule has 0 aliphatic heterocycles. The monoisotopic (exact) mass is 227 g/mol. The Kier molecular flexibility index (Phi) is 1430.